The van der Waals surface area contributed by atoms with E-state index in [4.69, 9.17) is 4.74 Å². The molecule has 1 aromatic rings. The normalized spacial score (nSPS) is 13.2. The fourth-order valence-electron chi connectivity index (χ4n) is 1.55. The van der Waals surface area contributed by atoms with Crippen LogP contribution in [0.2, 0.25) is 0 Å². The Kier molecular flexibility index (Phi) is 4.84. The van der Waals surface area contributed by atoms with E-state index in [-0.39, 0.29) is 24.4 Å². The van der Waals surface area contributed by atoms with Crippen molar-refractivity contribution in [2.75, 3.05) is 6.54 Å². The summed E-state index contributed by atoms with van der Waals surface area (Å²) in [5.41, 5.74) is 0.0426. The first-order valence-corrected chi connectivity index (χ1v) is 5.99. The molecule has 0 amide bonds. The third-order valence-electron chi connectivity index (χ3n) is 2.34. The van der Waals surface area contributed by atoms with Gasteiger partial charge in [0.2, 0.25) is 0 Å². The smallest absolute Gasteiger partial charge is 0.320 e. The maximum absolute atomic E-state index is 13.5. The van der Waals surface area contributed by atoms with Crippen LogP contribution in [0.5, 0.6) is 0 Å². The summed E-state index contributed by atoms with van der Waals surface area (Å²) in [4.78, 5) is 11.5. The summed E-state index contributed by atoms with van der Waals surface area (Å²) in [7, 11) is 0. The molecule has 1 aromatic carbocycles. The molecule has 0 bridgehead atoms. The number of esters is 1. The van der Waals surface area contributed by atoms with E-state index in [1.807, 2.05) is 27.7 Å². The molecule has 100 valence electrons. The average molecular weight is 253 g/mol. The molecule has 1 atom stereocenters. The summed E-state index contributed by atoms with van der Waals surface area (Å²) >= 11 is 0. The topological polar surface area (TPSA) is 38.3 Å². The number of hydrogen-bond acceptors (Lipinski definition) is 3. The Morgan fingerprint density at radius 3 is 2.56 bits per heavy atom. The molecule has 0 fully saturated rings. The van der Waals surface area contributed by atoms with Crippen LogP contribution in [-0.2, 0) is 9.53 Å². The van der Waals surface area contributed by atoms with Gasteiger partial charge in [-0.25, -0.2) is 4.39 Å². The lowest BCUT2D eigenvalue weighted by Crippen LogP contribution is -2.32. The highest BCUT2D eigenvalue weighted by Crippen LogP contribution is 2.15. The SMILES string of the molecule is CC(NCC(=O)OC(C)(C)C)c1ccccc1F. The molecular weight excluding hydrogens is 233 g/mol. The van der Waals surface area contributed by atoms with Crippen molar-refractivity contribution in [3.63, 3.8) is 0 Å². The minimum Gasteiger partial charge on any atom is -0.459 e. The van der Waals surface area contributed by atoms with Crippen LogP contribution >= 0.6 is 0 Å². The summed E-state index contributed by atoms with van der Waals surface area (Å²) < 4.78 is 18.6. The van der Waals surface area contributed by atoms with E-state index >= 15 is 0 Å². The molecule has 1 rings (SSSR count). The molecule has 0 heterocycles. The van der Waals surface area contributed by atoms with Gasteiger partial charge in [0.1, 0.15) is 11.4 Å². The van der Waals surface area contributed by atoms with Crippen molar-refractivity contribution < 1.29 is 13.9 Å². The molecule has 4 heteroatoms. The second-order valence-corrected chi connectivity index (χ2v) is 5.21. The van der Waals surface area contributed by atoms with Crippen LogP contribution in [0.3, 0.4) is 0 Å². The lowest BCUT2D eigenvalue weighted by atomic mass is 10.1. The van der Waals surface area contributed by atoms with Gasteiger partial charge in [0, 0.05) is 11.6 Å². The number of hydrogen-bond donors (Lipinski definition) is 1. The quantitative estimate of drug-likeness (QED) is 0.838. The molecule has 18 heavy (non-hydrogen) atoms. The van der Waals surface area contributed by atoms with Gasteiger partial charge in [-0.2, -0.15) is 0 Å². The van der Waals surface area contributed by atoms with Crippen molar-refractivity contribution >= 4 is 5.97 Å². The largest absolute Gasteiger partial charge is 0.459 e. The van der Waals surface area contributed by atoms with Crippen LogP contribution < -0.4 is 5.32 Å². The molecule has 3 nitrogen and oxygen atoms in total. The molecular formula is C14H20FNO2. The van der Waals surface area contributed by atoms with Gasteiger partial charge < -0.3 is 10.1 Å². The maximum Gasteiger partial charge on any atom is 0.320 e. The highest BCUT2D eigenvalue weighted by molar-refractivity contribution is 5.72. The van der Waals surface area contributed by atoms with Gasteiger partial charge in [-0.05, 0) is 33.8 Å². The van der Waals surface area contributed by atoms with Crippen molar-refractivity contribution in [2.24, 2.45) is 0 Å². The molecule has 0 aromatic heterocycles. The Morgan fingerprint density at radius 1 is 1.39 bits per heavy atom. The zero-order valence-corrected chi connectivity index (χ0v) is 11.3. The highest BCUT2D eigenvalue weighted by Gasteiger charge is 2.17. The lowest BCUT2D eigenvalue weighted by molar-refractivity contribution is -0.153. The predicted molar refractivity (Wildman–Crippen MR) is 68.7 cm³/mol. The van der Waals surface area contributed by atoms with Crippen molar-refractivity contribution in [1.29, 1.82) is 0 Å². The molecule has 0 radical (unpaired) electrons. The Labute approximate surface area is 107 Å². The molecule has 0 aliphatic carbocycles. The van der Waals surface area contributed by atoms with E-state index in [0.29, 0.717) is 5.56 Å². The van der Waals surface area contributed by atoms with Gasteiger partial charge in [-0.1, -0.05) is 18.2 Å². The van der Waals surface area contributed by atoms with Crippen LogP contribution in [0.1, 0.15) is 39.3 Å². The number of carbonyl (C=O) groups excluding carboxylic acids is 1. The predicted octanol–water partition coefficient (Wildman–Crippen LogP) is 2.82. The summed E-state index contributed by atoms with van der Waals surface area (Å²) in [5, 5.41) is 2.95. The molecule has 0 spiro atoms. The van der Waals surface area contributed by atoms with Gasteiger partial charge in [0.05, 0.1) is 6.54 Å². The van der Waals surface area contributed by atoms with Gasteiger partial charge in [-0.3, -0.25) is 4.79 Å². The van der Waals surface area contributed by atoms with Crippen LogP contribution in [0, 0.1) is 5.82 Å². The van der Waals surface area contributed by atoms with Crippen molar-refractivity contribution in [3.8, 4) is 0 Å². The second-order valence-electron chi connectivity index (χ2n) is 5.21. The first-order valence-electron chi connectivity index (χ1n) is 5.99. The first kappa shape index (κ1) is 14.6. The van der Waals surface area contributed by atoms with E-state index in [2.05, 4.69) is 5.32 Å². The van der Waals surface area contributed by atoms with E-state index in [1.54, 1.807) is 18.2 Å². The van der Waals surface area contributed by atoms with E-state index in [1.165, 1.54) is 6.07 Å². The molecule has 0 aliphatic heterocycles. The fourth-order valence-corrected chi connectivity index (χ4v) is 1.55. The number of benzene rings is 1. The van der Waals surface area contributed by atoms with Crippen LogP contribution in [0.4, 0.5) is 4.39 Å². The molecule has 1 unspecified atom stereocenters. The summed E-state index contributed by atoms with van der Waals surface area (Å²) in [5.74, 6) is -0.618. The zero-order chi connectivity index (χ0) is 13.8. The number of rotatable bonds is 4. The maximum atomic E-state index is 13.5. The standard InChI is InChI=1S/C14H20FNO2/c1-10(11-7-5-6-8-12(11)15)16-9-13(17)18-14(2,3)4/h5-8,10,16H,9H2,1-4H3. The Morgan fingerprint density at radius 2 is 2.00 bits per heavy atom. The Hall–Kier alpha value is -1.42. The number of halogens is 1. The summed E-state index contributed by atoms with van der Waals surface area (Å²) in [6.07, 6.45) is 0. The second kappa shape index (κ2) is 5.96. The number of nitrogens with one attached hydrogen (secondary N) is 1. The third-order valence-corrected chi connectivity index (χ3v) is 2.34. The van der Waals surface area contributed by atoms with Gasteiger partial charge in [0.25, 0.3) is 0 Å². The zero-order valence-electron chi connectivity index (χ0n) is 11.3. The molecule has 0 saturated carbocycles. The lowest BCUT2D eigenvalue weighted by Gasteiger charge is -2.21. The third kappa shape index (κ3) is 4.84. The number of ether oxygens (including phenoxy) is 1. The van der Waals surface area contributed by atoms with Crippen molar-refractivity contribution in [1.82, 2.24) is 5.32 Å². The highest BCUT2D eigenvalue weighted by atomic mass is 19.1. The molecule has 0 saturated heterocycles. The molecule has 1 N–H and O–H groups in total. The van der Waals surface area contributed by atoms with Crippen molar-refractivity contribution in [3.05, 3.63) is 35.6 Å². The van der Waals surface area contributed by atoms with Gasteiger partial charge >= 0.3 is 5.97 Å². The minimum atomic E-state index is -0.500. The van der Waals surface area contributed by atoms with Gasteiger partial charge in [-0.15, -0.1) is 0 Å². The average Bonchev–Trinajstić information content (AvgIpc) is 2.24. The van der Waals surface area contributed by atoms with Crippen LogP contribution in [0.15, 0.2) is 24.3 Å². The molecule has 0 aliphatic rings. The van der Waals surface area contributed by atoms with Gasteiger partial charge in [0.15, 0.2) is 0 Å². The Bertz CT molecular complexity index is 413. The Balaban J connectivity index is 2.49. The monoisotopic (exact) mass is 253 g/mol. The fraction of sp³-hybridized carbons (Fsp3) is 0.500. The van der Waals surface area contributed by atoms with Crippen LogP contribution in [-0.4, -0.2) is 18.1 Å². The first-order chi connectivity index (χ1) is 8.29. The number of carbonyl (C=O) groups is 1. The minimum absolute atomic E-state index is 0.0623. The van der Waals surface area contributed by atoms with E-state index < -0.39 is 5.60 Å². The van der Waals surface area contributed by atoms with Crippen LogP contribution in [0.25, 0.3) is 0 Å². The summed E-state index contributed by atoms with van der Waals surface area (Å²) in [6.45, 7) is 7.30. The summed E-state index contributed by atoms with van der Waals surface area (Å²) in [6, 6.07) is 6.27. The van der Waals surface area contributed by atoms with E-state index in [9.17, 15) is 9.18 Å². The van der Waals surface area contributed by atoms with E-state index in [0.717, 1.165) is 0 Å². The van der Waals surface area contributed by atoms with Crippen molar-refractivity contribution in [2.45, 2.75) is 39.3 Å².